The van der Waals surface area contributed by atoms with Crippen molar-refractivity contribution in [1.82, 2.24) is 14.8 Å². The van der Waals surface area contributed by atoms with Crippen molar-refractivity contribution in [3.63, 3.8) is 0 Å². The van der Waals surface area contributed by atoms with E-state index in [9.17, 15) is 4.79 Å². The average molecular weight is 305 g/mol. The van der Waals surface area contributed by atoms with Gasteiger partial charge in [-0.2, -0.15) is 0 Å². The molecule has 0 aliphatic heterocycles. The van der Waals surface area contributed by atoms with Crippen LogP contribution in [0.5, 0.6) is 5.75 Å². The van der Waals surface area contributed by atoms with Gasteiger partial charge >= 0.3 is 5.97 Å². The number of nitrogens with zero attached hydrogens (tertiary/aromatic N) is 3. The Morgan fingerprint density at radius 2 is 2.33 bits per heavy atom. The zero-order valence-electron chi connectivity index (χ0n) is 11.7. The second-order valence-electron chi connectivity index (χ2n) is 4.26. The van der Waals surface area contributed by atoms with Crippen molar-refractivity contribution in [3.8, 4) is 5.75 Å². The monoisotopic (exact) mass is 305 g/mol. The van der Waals surface area contributed by atoms with Crippen LogP contribution in [0.25, 0.3) is 6.08 Å². The van der Waals surface area contributed by atoms with E-state index in [0.717, 1.165) is 22.4 Å². The van der Waals surface area contributed by atoms with Crippen LogP contribution in [0.15, 0.2) is 35.8 Å². The number of ether oxygens (including phenoxy) is 1. The van der Waals surface area contributed by atoms with Crippen molar-refractivity contribution in [2.45, 2.75) is 10.9 Å². The average Bonchev–Trinajstić information content (AvgIpc) is 2.88. The highest BCUT2D eigenvalue weighted by Crippen LogP contribution is 2.25. The van der Waals surface area contributed by atoms with Crippen LogP contribution < -0.4 is 4.74 Å². The van der Waals surface area contributed by atoms with Crippen molar-refractivity contribution in [3.05, 3.63) is 41.7 Å². The Morgan fingerprint density at radius 3 is 2.95 bits per heavy atom. The first-order valence-corrected chi connectivity index (χ1v) is 7.13. The summed E-state index contributed by atoms with van der Waals surface area (Å²) in [6.45, 7) is 0. The molecule has 1 heterocycles. The third kappa shape index (κ3) is 4.09. The van der Waals surface area contributed by atoms with Gasteiger partial charge in [-0.15, -0.1) is 10.2 Å². The molecule has 110 valence electrons. The minimum absolute atomic E-state index is 0.639. The van der Waals surface area contributed by atoms with Gasteiger partial charge in [-0.3, -0.25) is 0 Å². The summed E-state index contributed by atoms with van der Waals surface area (Å²) >= 11 is 1.56. The summed E-state index contributed by atoms with van der Waals surface area (Å²) in [5.41, 5.74) is 1.78. The zero-order chi connectivity index (χ0) is 15.2. The third-order valence-corrected chi connectivity index (χ3v) is 3.84. The molecule has 0 bridgehead atoms. The minimum atomic E-state index is -0.990. The lowest BCUT2D eigenvalue weighted by molar-refractivity contribution is -0.131. The maximum atomic E-state index is 10.6. The molecule has 1 N–H and O–H groups in total. The number of aryl methyl sites for hydroxylation is 1. The summed E-state index contributed by atoms with van der Waals surface area (Å²) in [6, 6.07) is 5.68. The molecule has 0 fully saturated rings. The topological polar surface area (TPSA) is 77.2 Å². The fraction of sp³-hybridized carbons (Fsp3) is 0.214. The number of methoxy groups -OCH3 is 1. The van der Waals surface area contributed by atoms with E-state index in [1.54, 1.807) is 25.2 Å². The van der Waals surface area contributed by atoms with Crippen LogP contribution in [-0.4, -0.2) is 33.0 Å². The Hall–Kier alpha value is -2.28. The molecule has 21 heavy (non-hydrogen) atoms. The summed E-state index contributed by atoms with van der Waals surface area (Å²) in [5, 5.41) is 17.4. The molecule has 6 nitrogen and oxygen atoms in total. The fourth-order valence-electron chi connectivity index (χ4n) is 1.72. The number of thioether (sulfide) groups is 1. The van der Waals surface area contributed by atoms with Gasteiger partial charge in [-0.05, 0) is 23.8 Å². The lowest BCUT2D eigenvalue weighted by atomic mass is 10.1. The van der Waals surface area contributed by atoms with Gasteiger partial charge in [-0.25, -0.2) is 4.79 Å². The summed E-state index contributed by atoms with van der Waals surface area (Å²) in [5.74, 6) is 0.362. The molecular formula is C14H15N3O3S. The molecule has 2 rings (SSSR count). The Balaban J connectivity index is 2.15. The van der Waals surface area contributed by atoms with Crippen molar-refractivity contribution in [2.24, 2.45) is 7.05 Å². The zero-order valence-corrected chi connectivity index (χ0v) is 12.5. The number of aliphatic carboxylic acids is 1. The van der Waals surface area contributed by atoms with Gasteiger partial charge in [0.15, 0.2) is 5.16 Å². The molecule has 0 atom stereocenters. The molecule has 1 aromatic carbocycles. The van der Waals surface area contributed by atoms with Crippen molar-refractivity contribution >= 4 is 23.8 Å². The number of hydrogen-bond acceptors (Lipinski definition) is 5. The van der Waals surface area contributed by atoms with Crippen LogP contribution in [0.1, 0.15) is 11.1 Å². The SMILES string of the molecule is COc1ccc(CSc2nncn2C)cc1C=CC(=O)O. The van der Waals surface area contributed by atoms with Crippen LogP contribution in [0, 0.1) is 0 Å². The first-order valence-electron chi connectivity index (χ1n) is 6.15. The van der Waals surface area contributed by atoms with Gasteiger partial charge in [0, 0.05) is 24.4 Å². The van der Waals surface area contributed by atoms with Crippen LogP contribution in [0.3, 0.4) is 0 Å². The first-order chi connectivity index (χ1) is 10.1. The van der Waals surface area contributed by atoms with Crippen LogP contribution in [-0.2, 0) is 17.6 Å². The third-order valence-electron chi connectivity index (χ3n) is 2.74. The van der Waals surface area contributed by atoms with Gasteiger partial charge in [0.1, 0.15) is 12.1 Å². The maximum absolute atomic E-state index is 10.6. The van der Waals surface area contributed by atoms with E-state index < -0.39 is 5.97 Å². The molecule has 1 aromatic heterocycles. The van der Waals surface area contributed by atoms with E-state index >= 15 is 0 Å². The maximum Gasteiger partial charge on any atom is 0.328 e. The summed E-state index contributed by atoms with van der Waals surface area (Å²) < 4.78 is 7.07. The second-order valence-corrected chi connectivity index (χ2v) is 5.20. The first kappa shape index (κ1) is 15.1. The largest absolute Gasteiger partial charge is 0.496 e. The number of rotatable bonds is 6. The number of carboxylic acid groups (broad SMARTS) is 1. The summed E-state index contributed by atoms with van der Waals surface area (Å²) in [4.78, 5) is 10.6. The Bertz CT molecular complexity index is 667. The number of hydrogen-bond donors (Lipinski definition) is 1. The van der Waals surface area contributed by atoms with Gasteiger partial charge < -0.3 is 14.4 Å². The molecule has 0 spiro atoms. The Morgan fingerprint density at radius 1 is 1.52 bits per heavy atom. The lowest BCUT2D eigenvalue weighted by Gasteiger charge is -2.07. The van der Waals surface area contributed by atoms with Crippen LogP contribution >= 0.6 is 11.8 Å². The highest BCUT2D eigenvalue weighted by molar-refractivity contribution is 7.98. The highest BCUT2D eigenvalue weighted by Gasteiger charge is 2.06. The quantitative estimate of drug-likeness (QED) is 0.651. The van der Waals surface area contributed by atoms with Crippen LogP contribution in [0.4, 0.5) is 0 Å². The Labute approximate surface area is 126 Å². The van der Waals surface area contributed by atoms with E-state index in [0.29, 0.717) is 11.5 Å². The minimum Gasteiger partial charge on any atom is -0.496 e. The molecule has 0 amide bonds. The highest BCUT2D eigenvalue weighted by atomic mass is 32.2. The standard InChI is InChI=1S/C14H15N3O3S/c1-17-9-15-16-14(17)21-8-10-3-5-12(20-2)11(7-10)4-6-13(18)19/h3-7,9H,8H2,1-2H3,(H,18,19). The molecule has 0 saturated carbocycles. The molecule has 0 aliphatic rings. The van der Waals surface area contributed by atoms with Crippen molar-refractivity contribution in [2.75, 3.05) is 7.11 Å². The number of aromatic nitrogens is 3. The van der Waals surface area contributed by atoms with E-state index in [1.165, 1.54) is 6.08 Å². The molecule has 0 radical (unpaired) electrons. The van der Waals surface area contributed by atoms with Crippen LogP contribution in [0.2, 0.25) is 0 Å². The summed E-state index contributed by atoms with van der Waals surface area (Å²) in [6.07, 6.45) is 4.27. The molecule has 0 aliphatic carbocycles. The molecular weight excluding hydrogens is 290 g/mol. The number of carboxylic acids is 1. The van der Waals surface area contributed by atoms with Gasteiger partial charge in [0.25, 0.3) is 0 Å². The van der Waals surface area contributed by atoms with E-state index in [-0.39, 0.29) is 0 Å². The van der Waals surface area contributed by atoms with Gasteiger partial charge in [0.2, 0.25) is 0 Å². The van der Waals surface area contributed by atoms with Crippen molar-refractivity contribution in [1.29, 1.82) is 0 Å². The Kier molecular flexibility index (Phi) is 4.99. The molecule has 2 aromatic rings. The van der Waals surface area contributed by atoms with E-state index in [2.05, 4.69) is 10.2 Å². The summed E-state index contributed by atoms with van der Waals surface area (Å²) in [7, 11) is 3.44. The van der Waals surface area contributed by atoms with Crippen molar-refractivity contribution < 1.29 is 14.6 Å². The van der Waals surface area contributed by atoms with Gasteiger partial charge in [-0.1, -0.05) is 17.8 Å². The predicted molar refractivity (Wildman–Crippen MR) is 80.2 cm³/mol. The van der Waals surface area contributed by atoms with Gasteiger partial charge in [0.05, 0.1) is 7.11 Å². The van der Waals surface area contributed by atoms with E-state index in [4.69, 9.17) is 9.84 Å². The predicted octanol–water partition coefficient (Wildman–Crippen LogP) is 2.21. The smallest absolute Gasteiger partial charge is 0.328 e. The molecule has 7 heteroatoms. The van der Waals surface area contributed by atoms with E-state index in [1.807, 2.05) is 29.8 Å². The second kappa shape index (κ2) is 6.94. The molecule has 0 saturated heterocycles. The lowest BCUT2D eigenvalue weighted by Crippen LogP contribution is -1.93. The number of carbonyl (C=O) groups is 1. The fourth-order valence-corrected chi connectivity index (χ4v) is 2.55. The molecule has 0 unspecified atom stereocenters. The number of benzene rings is 1. The normalized spacial score (nSPS) is 11.0.